The highest BCUT2D eigenvalue weighted by molar-refractivity contribution is 6.31. The molecule has 5 aliphatic rings. The number of rotatable bonds is 9. The third kappa shape index (κ3) is 8.08. The van der Waals surface area contributed by atoms with Gasteiger partial charge in [-0.25, -0.2) is 0 Å². The van der Waals surface area contributed by atoms with Crippen molar-refractivity contribution in [3.63, 3.8) is 0 Å². The molecule has 5 heterocycles. The van der Waals surface area contributed by atoms with Crippen molar-refractivity contribution in [2.24, 2.45) is 0 Å². The van der Waals surface area contributed by atoms with Gasteiger partial charge >= 0.3 is 0 Å². The van der Waals surface area contributed by atoms with Crippen LogP contribution < -0.4 is 25.2 Å². The van der Waals surface area contributed by atoms with Gasteiger partial charge in [0.2, 0.25) is 11.8 Å². The molecule has 8 rings (SSSR count). The van der Waals surface area contributed by atoms with E-state index in [2.05, 4.69) is 48.6 Å². The zero-order chi connectivity index (χ0) is 40.5. The number of carbonyl (C=O) groups is 5. The maximum Gasteiger partial charge on any atom is 0.272 e. The molecule has 3 aromatic rings. The number of amides is 5. The number of imide groups is 2. The first-order valence-corrected chi connectivity index (χ1v) is 20.5. The smallest absolute Gasteiger partial charge is 0.272 e. The Bertz CT molecular complexity index is 2140. The zero-order valence-electron chi connectivity index (χ0n) is 32.4. The fraction of sp³-hybridized carbons (Fsp3) is 0.476. The minimum absolute atomic E-state index is 0.0161. The van der Waals surface area contributed by atoms with E-state index in [1.54, 1.807) is 36.4 Å². The molecule has 1 aromatic heterocycles. The number of hydrogen-bond donors (Lipinski definition) is 2. The summed E-state index contributed by atoms with van der Waals surface area (Å²) in [6.45, 7) is 3.30. The summed E-state index contributed by atoms with van der Waals surface area (Å²) in [5, 5.41) is 23.5. The van der Waals surface area contributed by atoms with E-state index < -0.39 is 29.7 Å². The van der Waals surface area contributed by atoms with Crippen LogP contribution in [0.25, 0.3) is 0 Å². The van der Waals surface area contributed by atoms with E-state index in [4.69, 9.17) is 21.6 Å². The molecule has 2 aromatic carbocycles. The SMILES string of the molecule is CN(C1CCN(c2ccc3c(c2)C(=O)N(C2CCC(=O)NC2=O)C3=O)CC1)C1CCN(c2ccc(C(=O)N[C@H]3CC[C@H](Oc4ccc(C#N)c(Cl)c4)CC3)nn2)CC1. The second kappa shape index (κ2) is 16.7. The van der Waals surface area contributed by atoms with Gasteiger partial charge in [0.15, 0.2) is 11.5 Å². The van der Waals surface area contributed by atoms with Gasteiger partial charge in [0, 0.05) is 62.5 Å². The molecule has 1 saturated carbocycles. The number of ether oxygens (including phenoxy) is 1. The van der Waals surface area contributed by atoms with Crippen LogP contribution in [0.15, 0.2) is 48.5 Å². The van der Waals surface area contributed by atoms with Gasteiger partial charge in [-0.3, -0.25) is 34.2 Å². The number of piperidine rings is 3. The topological polar surface area (TPSA) is 181 Å². The van der Waals surface area contributed by atoms with Crippen molar-refractivity contribution in [2.45, 2.75) is 94.5 Å². The molecule has 4 aliphatic heterocycles. The number of hydrogen-bond acceptors (Lipinski definition) is 12. The average molecular weight is 808 g/mol. The van der Waals surface area contributed by atoms with E-state index in [0.29, 0.717) is 39.7 Å². The van der Waals surface area contributed by atoms with E-state index >= 15 is 0 Å². The number of halogens is 1. The lowest BCUT2D eigenvalue weighted by atomic mass is 9.93. The first-order chi connectivity index (χ1) is 28.1. The number of aromatic nitrogens is 2. The fourth-order valence-corrected chi connectivity index (χ4v) is 9.25. The number of benzene rings is 2. The first kappa shape index (κ1) is 39.2. The van der Waals surface area contributed by atoms with Crippen molar-refractivity contribution in [1.82, 2.24) is 30.6 Å². The highest BCUT2D eigenvalue weighted by Crippen LogP contribution is 2.33. The Hall–Kier alpha value is -5.59. The number of fused-ring (bicyclic) bond motifs is 1. The van der Waals surface area contributed by atoms with Crippen LogP contribution in [0.1, 0.15) is 101 Å². The molecule has 1 unspecified atom stereocenters. The Balaban J connectivity index is 0.768. The van der Waals surface area contributed by atoms with Gasteiger partial charge in [-0.05, 0) is 107 Å². The number of nitrogens with one attached hydrogen (secondary N) is 2. The maximum absolute atomic E-state index is 13.4. The molecule has 0 spiro atoms. The summed E-state index contributed by atoms with van der Waals surface area (Å²) < 4.78 is 6.08. The highest BCUT2D eigenvalue weighted by atomic mass is 35.5. The average Bonchev–Trinajstić information content (AvgIpc) is 3.49. The van der Waals surface area contributed by atoms with Crippen molar-refractivity contribution >= 4 is 52.6 Å². The van der Waals surface area contributed by atoms with Gasteiger partial charge in [-0.1, -0.05) is 11.6 Å². The van der Waals surface area contributed by atoms with Crippen LogP contribution in [0.5, 0.6) is 5.75 Å². The van der Waals surface area contributed by atoms with Gasteiger partial charge in [-0.2, -0.15) is 5.26 Å². The van der Waals surface area contributed by atoms with E-state index in [1.165, 1.54) is 0 Å². The van der Waals surface area contributed by atoms with E-state index in [9.17, 15) is 24.0 Å². The normalized spacial score (nSPS) is 23.1. The summed E-state index contributed by atoms with van der Waals surface area (Å²) in [6, 6.07) is 16.0. The lowest BCUT2D eigenvalue weighted by Crippen LogP contribution is -2.54. The second-order valence-electron chi connectivity index (χ2n) is 15.9. The molecule has 1 atom stereocenters. The van der Waals surface area contributed by atoms with E-state index in [1.807, 2.05) is 12.1 Å². The molecule has 4 fully saturated rings. The molecule has 0 radical (unpaired) electrons. The number of carbonyl (C=O) groups excluding carboxylic acids is 5. The Morgan fingerprint density at radius 1 is 0.845 bits per heavy atom. The summed E-state index contributed by atoms with van der Waals surface area (Å²) in [4.78, 5) is 71.6. The van der Waals surface area contributed by atoms with Gasteiger partial charge in [-0.15, -0.1) is 10.2 Å². The van der Waals surface area contributed by atoms with Crippen LogP contribution in [0.4, 0.5) is 11.5 Å². The van der Waals surface area contributed by atoms with E-state index in [0.717, 1.165) is 94.0 Å². The summed E-state index contributed by atoms with van der Waals surface area (Å²) in [6.07, 6.45) is 7.25. The molecule has 0 bridgehead atoms. The van der Waals surface area contributed by atoms with Crippen LogP contribution >= 0.6 is 11.6 Å². The van der Waals surface area contributed by atoms with Crippen LogP contribution in [0.2, 0.25) is 5.02 Å². The summed E-state index contributed by atoms with van der Waals surface area (Å²) >= 11 is 6.15. The van der Waals surface area contributed by atoms with Crippen LogP contribution in [0.3, 0.4) is 0 Å². The molecule has 2 N–H and O–H groups in total. The number of anilines is 2. The molecular formula is C42H46ClN9O6. The molecule has 1 aliphatic carbocycles. The van der Waals surface area contributed by atoms with Crippen molar-refractivity contribution < 1.29 is 28.7 Å². The van der Waals surface area contributed by atoms with Gasteiger partial charge < -0.3 is 24.8 Å². The second-order valence-corrected chi connectivity index (χ2v) is 16.3. The van der Waals surface area contributed by atoms with E-state index in [-0.39, 0.29) is 36.5 Å². The van der Waals surface area contributed by atoms with Crippen LogP contribution in [0, 0.1) is 11.3 Å². The summed E-state index contributed by atoms with van der Waals surface area (Å²) in [7, 11) is 2.21. The van der Waals surface area contributed by atoms with Crippen molar-refractivity contribution in [3.05, 3.63) is 75.9 Å². The minimum Gasteiger partial charge on any atom is -0.490 e. The molecular weight excluding hydrogens is 762 g/mol. The Morgan fingerprint density at radius 2 is 1.53 bits per heavy atom. The zero-order valence-corrected chi connectivity index (χ0v) is 33.1. The fourth-order valence-electron chi connectivity index (χ4n) is 9.04. The third-order valence-electron chi connectivity index (χ3n) is 12.4. The van der Waals surface area contributed by atoms with Gasteiger partial charge in [0.05, 0.1) is 27.8 Å². The Labute approximate surface area is 341 Å². The number of nitrogens with zero attached hydrogens (tertiary/aromatic N) is 7. The molecule has 302 valence electrons. The third-order valence-corrected chi connectivity index (χ3v) is 12.8. The van der Waals surface area contributed by atoms with Crippen molar-refractivity contribution in [2.75, 3.05) is 43.0 Å². The summed E-state index contributed by atoms with van der Waals surface area (Å²) in [5.41, 5.74) is 2.18. The largest absolute Gasteiger partial charge is 0.490 e. The van der Waals surface area contributed by atoms with Crippen LogP contribution in [-0.2, 0) is 9.59 Å². The Kier molecular flexibility index (Phi) is 11.3. The van der Waals surface area contributed by atoms with Crippen molar-refractivity contribution in [1.29, 1.82) is 5.26 Å². The standard InChI is InChI=1S/C42H46ClN9O6/c1-49(27-14-18-50(19-15-27)29-5-9-32-33(22-29)42(57)52(41(32)56)36-11-13-38(53)46-40(36)55)28-16-20-51(21-17-28)37-12-10-35(47-48-37)39(54)45-26-3-7-30(8-4-26)58-31-6-2-25(24-44)34(43)23-31/h2,5-6,9-10,12,22-23,26-28,30,36H,3-4,7-8,11,13-21H2,1H3,(H,45,54)(H,46,53,55)/t26-,30-,36?. The lowest BCUT2D eigenvalue weighted by Gasteiger charge is -2.44. The van der Waals surface area contributed by atoms with Crippen molar-refractivity contribution in [3.8, 4) is 11.8 Å². The predicted molar refractivity (Wildman–Crippen MR) is 214 cm³/mol. The molecule has 58 heavy (non-hydrogen) atoms. The molecule has 16 heteroatoms. The first-order valence-electron chi connectivity index (χ1n) is 20.1. The maximum atomic E-state index is 13.4. The predicted octanol–water partition coefficient (Wildman–Crippen LogP) is 4.09. The Morgan fingerprint density at radius 3 is 2.17 bits per heavy atom. The molecule has 5 amide bonds. The lowest BCUT2D eigenvalue weighted by molar-refractivity contribution is -0.136. The van der Waals surface area contributed by atoms with Gasteiger partial charge in [0.1, 0.15) is 17.9 Å². The highest BCUT2D eigenvalue weighted by Gasteiger charge is 2.45. The monoisotopic (exact) mass is 807 g/mol. The minimum atomic E-state index is -0.979. The molecule has 3 saturated heterocycles. The van der Waals surface area contributed by atoms with Crippen LogP contribution in [-0.4, -0.2) is 113 Å². The molecule has 15 nitrogen and oxygen atoms in total. The van der Waals surface area contributed by atoms with Gasteiger partial charge in [0.25, 0.3) is 17.7 Å². The summed E-state index contributed by atoms with van der Waals surface area (Å²) in [5.74, 6) is -0.822. The number of nitriles is 1. The quantitative estimate of drug-likeness (QED) is 0.296.